The molecule has 2 unspecified atom stereocenters. The van der Waals surface area contributed by atoms with E-state index in [9.17, 15) is 4.79 Å². The zero-order valence-corrected chi connectivity index (χ0v) is 11.1. The number of rotatable bonds is 5. The summed E-state index contributed by atoms with van der Waals surface area (Å²) in [5, 5.41) is 8.47. The van der Waals surface area contributed by atoms with E-state index in [4.69, 9.17) is 5.26 Å². The summed E-state index contributed by atoms with van der Waals surface area (Å²) in [5.41, 5.74) is 0. The van der Waals surface area contributed by atoms with E-state index in [1.165, 1.54) is 6.42 Å². The Bertz CT molecular complexity index is 298. The van der Waals surface area contributed by atoms with Gasteiger partial charge in [-0.3, -0.25) is 9.69 Å². The number of carbonyl (C=O) groups excluding carboxylic acids is 1. The van der Waals surface area contributed by atoms with Gasteiger partial charge in [0.15, 0.2) is 0 Å². The molecule has 2 atom stereocenters. The zero-order valence-electron chi connectivity index (χ0n) is 11.1. The lowest BCUT2D eigenvalue weighted by atomic mass is 10.1. The highest BCUT2D eigenvalue weighted by Gasteiger charge is 2.26. The van der Waals surface area contributed by atoms with Gasteiger partial charge < -0.3 is 4.90 Å². The van der Waals surface area contributed by atoms with Crippen molar-refractivity contribution in [2.45, 2.75) is 39.2 Å². The molecule has 0 bridgehead atoms. The molecule has 0 spiro atoms. The molecule has 0 radical (unpaired) electrons. The van der Waals surface area contributed by atoms with Crippen molar-refractivity contribution in [3.05, 3.63) is 0 Å². The topological polar surface area (TPSA) is 47.3 Å². The lowest BCUT2D eigenvalue weighted by Crippen LogP contribution is -2.34. The molecule has 17 heavy (non-hydrogen) atoms. The van der Waals surface area contributed by atoms with E-state index < -0.39 is 0 Å². The highest BCUT2D eigenvalue weighted by molar-refractivity contribution is 5.76. The first-order chi connectivity index (χ1) is 8.04. The van der Waals surface area contributed by atoms with E-state index in [2.05, 4.69) is 24.8 Å². The van der Waals surface area contributed by atoms with Crippen LogP contribution in [0.5, 0.6) is 0 Å². The molecule has 0 N–H and O–H groups in total. The number of hydrogen-bond acceptors (Lipinski definition) is 3. The summed E-state index contributed by atoms with van der Waals surface area (Å²) < 4.78 is 0. The summed E-state index contributed by atoms with van der Waals surface area (Å²) in [5.74, 6) is 0.892. The van der Waals surface area contributed by atoms with E-state index in [0.717, 1.165) is 19.0 Å². The molecular formula is C13H23N3O. The SMILES string of the molecule is CC1CC(C)N(CCC(=O)N(C)CCC#N)C1. The van der Waals surface area contributed by atoms with Crippen molar-refractivity contribution in [1.82, 2.24) is 9.80 Å². The largest absolute Gasteiger partial charge is 0.345 e. The van der Waals surface area contributed by atoms with Crippen LogP contribution in [0.2, 0.25) is 0 Å². The molecule has 1 amide bonds. The van der Waals surface area contributed by atoms with Gasteiger partial charge in [0.25, 0.3) is 0 Å². The van der Waals surface area contributed by atoms with Crippen LogP contribution in [0, 0.1) is 17.2 Å². The summed E-state index contributed by atoms with van der Waals surface area (Å²) in [7, 11) is 1.77. The molecule has 96 valence electrons. The van der Waals surface area contributed by atoms with Crippen molar-refractivity contribution in [1.29, 1.82) is 5.26 Å². The third-order valence-corrected chi connectivity index (χ3v) is 3.51. The summed E-state index contributed by atoms with van der Waals surface area (Å²) in [6, 6.07) is 2.66. The Balaban J connectivity index is 2.26. The minimum absolute atomic E-state index is 0.145. The standard InChI is InChI=1S/C13H23N3O/c1-11-9-12(2)16(10-11)8-5-13(17)15(3)7-4-6-14/h11-12H,4-5,7-10H2,1-3H3. The fourth-order valence-corrected chi connectivity index (χ4v) is 2.47. The maximum atomic E-state index is 11.8. The maximum Gasteiger partial charge on any atom is 0.223 e. The molecule has 0 aromatic rings. The Morgan fingerprint density at radius 1 is 1.53 bits per heavy atom. The lowest BCUT2D eigenvalue weighted by molar-refractivity contribution is -0.130. The fourth-order valence-electron chi connectivity index (χ4n) is 2.47. The number of nitriles is 1. The fraction of sp³-hybridized carbons (Fsp3) is 0.846. The van der Waals surface area contributed by atoms with E-state index in [0.29, 0.717) is 25.4 Å². The van der Waals surface area contributed by atoms with Gasteiger partial charge in [-0.2, -0.15) is 5.26 Å². The highest BCUT2D eigenvalue weighted by Crippen LogP contribution is 2.22. The van der Waals surface area contributed by atoms with E-state index in [1.807, 2.05) is 0 Å². The molecule has 0 saturated carbocycles. The molecule has 4 nitrogen and oxygen atoms in total. The summed E-state index contributed by atoms with van der Waals surface area (Å²) in [6.07, 6.45) is 2.22. The number of hydrogen-bond donors (Lipinski definition) is 0. The van der Waals surface area contributed by atoms with Crippen molar-refractivity contribution < 1.29 is 4.79 Å². The average molecular weight is 237 g/mol. The Morgan fingerprint density at radius 2 is 2.24 bits per heavy atom. The second-order valence-electron chi connectivity index (χ2n) is 5.16. The average Bonchev–Trinajstić information content (AvgIpc) is 2.61. The zero-order chi connectivity index (χ0) is 12.8. The normalized spacial score (nSPS) is 24.6. The van der Waals surface area contributed by atoms with Gasteiger partial charge in [-0.25, -0.2) is 0 Å². The summed E-state index contributed by atoms with van der Waals surface area (Å²) >= 11 is 0. The smallest absolute Gasteiger partial charge is 0.223 e. The van der Waals surface area contributed by atoms with Crippen LogP contribution in [0.25, 0.3) is 0 Å². The van der Waals surface area contributed by atoms with Crippen LogP contribution in [-0.4, -0.2) is 48.4 Å². The predicted molar refractivity (Wildman–Crippen MR) is 67.3 cm³/mol. The van der Waals surface area contributed by atoms with Crippen LogP contribution in [0.1, 0.15) is 33.1 Å². The molecule has 1 rings (SSSR count). The second kappa shape index (κ2) is 6.61. The summed E-state index contributed by atoms with van der Waals surface area (Å²) in [6.45, 7) is 6.99. The van der Waals surface area contributed by atoms with Gasteiger partial charge in [0.1, 0.15) is 0 Å². The molecule has 0 aliphatic carbocycles. The molecule has 0 aromatic carbocycles. The number of nitrogens with zero attached hydrogens (tertiary/aromatic N) is 3. The molecule has 1 fully saturated rings. The van der Waals surface area contributed by atoms with Gasteiger partial charge >= 0.3 is 0 Å². The van der Waals surface area contributed by atoms with Gasteiger partial charge in [-0.05, 0) is 19.3 Å². The van der Waals surface area contributed by atoms with Crippen molar-refractivity contribution in [2.24, 2.45) is 5.92 Å². The number of amides is 1. The van der Waals surface area contributed by atoms with Gasteiger partial charge in [-0.1, -0.05) is 6.92 Å². The lowest BCUT2D eigenvalue weighted by Gasteiger charge is -2.22. The third-order valence-electron chi connectivity index (χ3n) is 3.51. The van der Waals surface area contributed by atoms with E-state index in [-0.39, 0.29) is 5.91 Å². The minimum Gasteiger partial charge on any atom is -0.345 e. The van der Waals surface area contributed by atoms with E-state index >= 15 is 0 Å². The molecule has 1 saturated heterocycles. The van der Waals surface area contributed by atoms with Crippen LogP contribution in [0.15, 0.2) is 0 Å². The first kappa shape index (κ1) is 14.0. The van der Waals surface area contributed by atoms with Crippen molar-refractivity contribution in [2.75, 3.05) is 26.7 Å². The van der Waals surface area contributed by atoms with Crippen LogP contribution in [-0.2, 0) is 4.79 Å². The molecule has 1 aliphatic heterocycles. The van der Waals surface area contributed by atoms with Crippen LogP contribution in [0.4, 0.5) is 0 Å². The van der Waals surface area contributed by atoms with E-state index in [1.54, 1.807) is 11.9 Å². The molecule has 1 aliphatic rings. The molecule has 0 aromatic heterocycles. The van der Waals surface area contributed by atoms with Crippen LogP contribution in [0.3, 0.4) is 0 Å². The van der Waals surface area contributed by atoms with Crippen LogP contribution < -0.4 is 0 Å². The van der Waals surface area contributed by atoms with Gasteiger partial charge in [-0.15, -0.1) is 0 Å². The Morgan fingerprint density at radius 3 is 2.76 bits per heavy atom. The predicted octanol–water partition coefficient (Wildman–Crippen LogP) is 1.48. The van der Waals surface area contributed by atoms with Gasteiger partial charge in [0.2, 0.25) is 5.91 Å². The first-order valence-corrected chi connectivity index (χ1v) is 6.39. The number of carbonyl (C=O) groups is 1. The number of likely N-dealkylation sites (tertiary alicyclic amines) is 1. The second-order valence-corrected chi connectivity index (χ2v) is 5.16. The van der Waals surface area contributed by atoms with Gasteiger partial charge in [0.05, 0.1) is 12.5 Å². The molecule has 1 heterocycles. The highest BCUT2D eigenvalue weighted by atomic mass is 16.2. The Kier molecular flexibility index (Phi) is 5.43. The maximum absolute atomic E-state index is 11.8. The minimum atomic E-state index is 0.145. The summed E-state index contributed by atoms with van der Waals surface area (Å²) in [4.78, 5) is 15.8. The van der Waals surface area contributed by atoms with Crippen molar-refractivity contribution in [3.8, 4) is 6.07 Å². The Labute approximate surface area is 104 Å². The van der Waals surface area contributed by atoms with Crippen molar-refractivity contribution in [3.63, 3.8) is 0 Å². The van der Waals surface area contributed by atoms with Gasteiger partial charge in [0, 0.05) is 39.1 Å². The van der Waals surface area contributed by atoms with Crippen molar-refractivity contribution >= 4 is 5.91 Å². The quantitative estimate of drug-likeness (QED) is 0.727. The molecule has 4 heteroatoms. The third kappa shape index (κ3) is 4.35. The van der Waals surface area contributed by atoms with Crippen LogP contribution >= 0.6 is 0 Å². The Hall–Kier alpha value is -1.08. The monoisotopic (exact) mass is 237 g/mol. The first-order valence-electron chi connectivity index (χ1n) is 6.39. The molecular weight excluding hydrogens is 214 g/mol.